The van der Waals surface area contributed by atoms with Crippen LogP contribution in [0, 0.1) is 0 Å². The van der Waals surface area contributed by atoms with Crippen LogP contribution in [0.2, 0.25) is 0 Å². The van der Waals surface area contributed by atoms with Gasteiger partial charge in [0.25, 0.3) is 0 Å². The van der Waals surface area contributed by atoms with Crippen LogP contribution >= 0.6 is 11.3 Å². The quantitative estimate of drug-likeness (QED) is 0.774. The van der Waals surface area contributed by atoms with E-state index in [0.29, 0.717) is 5.13 Å². The monoisotopic (exact) mass is 185 g/mol. The van der Waals surface area contributed by atoms with E-state index in [4.69, 9.17) is 5.73 Å². The van der Waals surface area contributed by atoms with Gasteiger partial charge >= 0.3 is 0 Å². The lowest BCUT2D eigenvalue weighted by Gasteiger charge is -2.12. The molecule has 0 aromatic carbocycles. The van der Waals surface area contributed by atoms with Gasteiger partial charge in [-0.2, -0.15) is 0 Å². The van der Waals surface area contributed by atoms with E-state index in [1.54, 1.807) is 11.3 Å². The number of hydrogen-bond acceptors (Lipinski definition) is 4. The first-order valence-corrected chi connectivity index (χ1v) is 4.92. The van der Waals surface area contributed by atoms with Crippen LogP contribution < -0.4 is 5.73 Å². The molecule has 0 fully saturated rings. The zero-order valence-electron chi connectivity index (χ0n) is 7.58. The van der Waals surface area contributed by atoms with Gasteiger partial charge in [-0.25, -0.2) is 4.98 Å². The number of anilines is 1. The molecular formula is C8H15N3S. The molecule has 2 N–H and O–H groups in total. The minimum absolute atomic E-state index is 0.662. The minimum Gasteiger partial charge on any atom is -0.375 e. The Morgan fingerprint density at radius 2 is 2.42 bits per heavy atom. The van der Waals surface area contributed by atoms with E-state index in [0.717, 1.165) is 13.1 Å². The van der Waals surface area contributed by atoms with E-state index < -0.39 is 0 Å². The molecule has 0 bridgehead atoms. The Labute approximate surface area is 77.2 Å². The molecule has 0 spiro atoms. The summed E-state index contributed by atoms with van der Waals surface area (Å²) in [5.41, 5.74) is 5.52. The summed E-state index contributed by atoms with van der Waals surface area (Å²) in [6.07, 6.45) is 3.04. The number of nitrogens with zero attached hydrogens (tertiary/aromatic N) is 2. The van der Waals surface area contributed by atoms with E-state index in [1.807, 2.05) is 6.20 Å². The molecule has 0 aliphatic carbocycles. The topological polar surface area (TPSA) is 42.2 Å². The normalized spacial score (nSPS) is 10.9. The molecule has 0 saturated heterocycles. The number of nitrogens with two attached hydrogens (primary N) is 1. The Morgan fingerprint density at radius 3 is 2.92 bits per heavy atom. The maximum atomic E-state index is 5.52. The van der Waals surface area contributed by atoms with Gasteiger partial charge in [0.05, 0.1) is 0 Å². The average molecular weight is 185 g/mol. The van der Waals surface area contributed by atoms with Crippen LogP contribution in [0.1, 0.15) is 18.2 Å². The third-order valence-corrected chi connectivity index (χ3v) is 2.41. The zero-order chi connectivity index (χ0) is 8.97. The summed E-state index contributed by atoms with van der Waals surface area (Å²) in [4.78, 5) is 7.51. The van der Waals surface area contributed by atoms with Gasteiger partial charge < -0.3 is 10.6 Å². The second-order valence-electron chi connectivity index (χ2n) is 2.90. The highest BCUT2D eigenvalue weighted by Crippen LogP contribution is 2.15. The Morgan fingerprint density at radius 1 is 1.67 bits per heavy atom. The van der Waals surface area contributed by atoms with E-state index in [1.165, 1.54) is 11.3 Å². The van der Waals surface area contributed by atoms with Crippen LogP contribution in [-0.2, 0) is 6.54 Å². The van der Waals surface area contributed by atoms with Crippen LogP contribution in [0.3, 0.4) is 0 Å². The summed E-state index contributed by atoms with van der Waals surface area (Å²) in [5.74, 6) is 0. The van der Waals surface area contributed by atoms with E-state index >= 15 is 0 Å². The molecule has 1 rings (SSSR count). The molecule has 3 nitrogen and oxygen atoms in total. The molecule has 0 radical (unpaired) electrons. The first-order chi connectivity index (χ1) is 5.72. The zero-order valence-corrected chi connectivity index (χ0v) is 8.40. The van der Waals surface area contributed by atoms with Crippen molar-refractivity contribution < 1.29 is 0 Å². The molecule has 0 saturated carbocycles. The third kappa shape index (κ3) is 2.79. The van der Waals surface area contributed by atoms with Gasteiger partial charge in [0.15, 0.2) is 5.13 Å². The van der Waals surface area contributed by atoms with Gasteiger partial charge in [0, 0.05) is 17.6 Å². The van der Waals surface area contributed by atoms with Crippen molar-refractivity contribution in [1.82, 2.24) is 9.88 Å². The summed E-state index contributed by atoms with van der Waals surface area (Å²) < 4.78 is 0. The van der Waals surface area contributed by atoms with Gasteiger partial charge in [-0.15, -0.1) is 11.3 Å². The maximum Gasteiger partial charge on any atom is 0.180 e. The molecule has 68 valence electrons. The SMILES string of the molecule is CCCN(C)Cc1cnc(N)s1. The van der Waals surface area contributed by atoms with Crippen LogP contribution in [-0.4, -0.2) is 23.5 Å². The van der Waals surface area contributed by atoms with E-state index in [9.17, 15) is 0 Å². The summed E-state index contributed by atoms with van der Waals surface area (Å²) in [6, 6.07) is 0. The first kappa shape index (κ1) is 9.48. The smallest absolute Gasteiger partial charge is 0.180 e. The second-order valence-corrected chi connectivity index (χ2v) is 4.05. The molecule has 0 unspecified atom stereocenters. The van der Waals surface area contributed by atoms with Gasteiger partial charge in [-0.1, -0.05) is 6.92 Å². The molecule has 0 aliphatic heterocycles. The number of hydrogen-bond donors (Lipinski definition) is 1. The predicted octanol–water partition coefficient (Wildman–Crippen LogP) is 1.57. The van der Waals surface area contributed by atoms with Crippen molar-refractivity contribution in [3.05, 3.63) is 11.1 Å². The molecule has 0 amide bonds. The second kappa shape index (κ2) is 4.42. The van der Waals surface area contributed by atoms with Gasteiger partial charge in [0.2, 0.25) is 0 Å². The van der Waals surface area contributed by atoms with Crippen LogP contribution in [0.15, 0.2) is 6.20 Å². The number of aromatic nitrogens is 1. The molecular weight excluding hydrogens is 170 g/mol. The van der Waals surface area contributed by atoms with Crippen LogP contribution in [0.5, 0.6) is 0 Å². The highest BCUT2D eigenvalue weighted by molar-refractivity contribution is 7.15. The number of rotatable bonds is 4. The Kier molecular flexibility index (Phi) is 3.49. The van der Waals surface area contributed by atoms with Crippen molar-refractivity contribution in [1.29, 1.82) is 0 Å². The molecule has 0 atom stereocenters. The molecule has 1 aromatic heterocycles. The average Bonchev–Trinajstić information content (AvgIpc) is 2.36. The van der Waals surface area contributed by atoms with Crippen LogP contribution in [0.25, 0.3) is 0 Å². The molecule has 1 aromatic rings. The third-order valence-electron chi connectivity index (χ3n) is 1.60. The molecule has 1 heterocycles. The van der Waals surface area contributed by atoms with Crippen molar-refractivity contribution in [2.45, 2.75) is 19.9 Å². The molecule has 0 aliphatic rings. The Hall–Kier alpha value is -0.610. The van der Waals surface area contributed by atoms with Crippen molar-refractivity contribution in [3.63, 3.8) is 0 Å². The highest BCUT2D eigenvalue weighted by atomic mass is 32.1. The standard InChI is InChI=1S/C8H15N3S/c1-3-4-11(2)6-7-5-10-8(9)12-7/h5H,3-4,6H2,1-2H3,(H2,9,10). The fourth-order valence-electron chi connectivity index (χ4n) is 1.12. The fraction of sp³-hybridized carbons (Fsp3) is 0.625. The highest BCUT2D eigenvalue weighted by Gasteiger charge is 2.01. The Bertz CT molecular complexity index is 234. The first-order valence-electron chi connectivity index (χ1n) is 4.11. The van der Waals surface area contributed by atoms with Crippen molar-refractivity contribution in [3.8, 4) is 0 Å². The predicted molar refractivity (Wildman–Crippen MR) is 53.2 cm³/mol. The molecule has 4 heteroatoms. The van der Waals surface area contributed by atoms with Crippen molar-refractivity contribution in [2.24, 2.45) is 0 Å². The summed E-state index contributed by atoms with van der Waals surface area (Å²) in [7, 11) is 2.11. The summed E-state index contributed by atoms with van der Waals surface area (Å²) in [5, 5.41) is 0.662. The largest absolute Gasteiger partial charge is 0.375 e. The van der Waals surface area contributed by atoms with E-state index in [2.05, 4.69) is 23.9 Å². The lowest BCUT2D eigenvalue weighted by atomic mass is 10.4. The Balaban J connectivity index is 2.41. The summed E-state index contributed by atoms with van der Waals surface area (Å²) >= 11 is 1.57. The lowest BCUT2D eigenvalue weighted by Crippen LogP contribution is -2.17. The van der Waals surface area contributed by atoms with Crippen molar-refractivity contribution in [2.75, 3.05) is 19.3 Å². The van der Waals surface area contributed by atoms with Crippen molar-refractivity contribution >= 4 is 16.5 Å². The van der Waals surface area contributed by atoms with Crippen LogP contribution in [0.4, 0.5) is 5.13 Å². The van der Waals surface area contributed by atoms with Gasteiger partial charge in [-0.05, 0) is 20.0 Å². The lowest BCUT2D eigenvalue weighted by molar-refractivity contribution is 0.330. The summed E-state index contributed by atoms with van der Waals surface area (Å²) in [6.45, 7) is 4.26. The number of thiazole rings is 1. The number of nitrogen functional groups attached to an aromatic ring is 1. The maximum absolute atomic E-state index is 5.52. The van der Waals surface area contributed by atoms with Gasteiger partial charge in [0.1, 0.15) is 0 Å². The minimum atomic E-state index is 0.662. The fourth-order valence-corrected chi connectivity index (χ4v) is 1.89. The molecule has 12 heavy (non-hydrogen) atoms. The van der Waals surface area contributed by atoms with Gasteiger partial charge in [-0.3, -0.25) is 0 Å². The van der Waals surface area contributed by atoms with E-state index in [-0.39, 0.29) is 0 Å².